The molecule has 0 bridgehead atoms. The second-order valence-electron chi connectivity index (χ2n) is 4.46. The van der Waals surface area contributed by atoms with E-state index in [1.807, 2.05) is 24.3 Å². The minimum atomic E-state index is -0.0722. The van der Waals surface area contributed by atoms with Crippen molar-refractivity contribution in [1.29, 1.82) is 0 Å². The third kappa shape index (κ3) is 3.86. The van der Waals surface area contributed by atoms with Crippen molar-refractivity contribution in [3.8, 4) is 0 Å². The normalized spacial score (nSPS) is 12.4. The molecule has 106 valence electrons. The van der Waals surface area contributed by atoms with Crippen LogP contribution in [0.2, 0.25) is 15.1 Å². The third-order valence-electron chi connectivity index (χ3n) is 2.91. The number of nitrogens with zero attached hydrogens (tertiary/aromatic N) is 1. The van der Waals surface area contributed by atoms with Crippen molar-refractivity contribution >= 4 is 34.8 Å². The number of halogens is 3. The van der Waals surface area contributed by atoms with Crippen molar-refractivity contribution in [2.24, 2.45) is 0 Å². The number of hydrogen-bond donors (Lipinski definition) is 1. The zero-order valence-corrected chi connectivity index (χ0v) is 13.3. The number of pyridine rings is 1. The zero-order valence-electron chi connectivity index (χ0n) is 11.0. The maximum absolute atomic E-state index is 6.27. The van der Waals surface area contributed by atoms with Crippen LogP contribution < -0.4 is 5.32 Å². The van der Waals surface area contributed by atoms with E-state index in [2.05, 4.69) is 17.2 Å². The molecule has 0 amide bonds. The van der Waals surface area contributed by atoms with Gasteiger partial charge in [0.05, 0.1) is 21.8 Å². The molecule has 2 nitrogen and oxygen atoms in total. The Kier molecular flexibility index (Phi) is 5.67. The van der Waals surface area contributed by atoms with Crippen molar-refractivity contribution in [3.63, 3.8) is 0 Å². The van der Waals surface area contributed by atoms with Gasteiger partial charge in [0.25, 0.3) is 0 Å². The van der Waals surface area contributed by atoms with Crippen molar-refractivity contribution in [3.05, 3.63) is 62.9 Å². The standard InChI is InChI=1S/C15H15Cl3N2/c1-2-7-19-14(10-3-5-11(16)6-4-10)15-13(18)8-12(17)9-20-15/h3-6,8-9,14,19H,2,7H2,1H3. The molecule has 2 rings (SSSR count). The lowest BCUT2D eigenvalue weighted by atomic mass is 10.0. The maximum atomic E-state index is 6.27. The van der Waals surface area contributed by atoms with Crippen molar-refractivity contribution in [2.75, 3.05) is 6.54 Å². The highest BCUT2D eigenvalue weighted by Gasteiger charge is 2.18. The lowest BCUT2D eigenvalue weighted by Gasteiger charge is -2.20. The fourth-order valence-corrected chi connectivity index (χ4v) is 2.57. The Morgan fingerprint density at radius 3 is 2.40 bits per heavy atom. The first-order chi connectivity index (χ1) is 9.61. The van der Waals surface area contributed by atoms with E-state index in [9.17, 15) is 0 Å². The van der Waals surface area contributed by atoms with E-state index in [0.717, 1.165) is 24.2 Å². The summed E-state index contributed by atoms with van der Waals surface area (Å²) in [5, 5.41) is 5.24. The molecule has 1 unspecified atom stereocenters. The molecule has 2 aromatic rings. The Morgan fingerprint density at radius 1 is 1.10 bits per heavy atom. The summed E-state index contributed by atoms with van der Waals surface area (Å²) in [4.78, 5) is 4.37. The molecule has 0 aliphatic carbocycles. The third-order valence-corrected chi connectivity index (χ3v) is 3.67. The predicted molar refractivity (Wildman–Crippen MR) is 85.8 cm³/mol. The Bertz CT molecular complexity index is 570. The predicted octanol–water partition coefficient (Wildman–Crippen LogP) is 5.13. The molecular weight excluding hydrogens is 315 g/mol. The number of rotatable bonds is 5. The monoisotopic (exact) mass is 328 g/mol. The fraction of sp³-hybridized carbons (Fsp3) is 0.267. The Morgan fingerprint density at radius 2 is 1.80 bits per heavy atom. The molecule has 5 heteroatoms. The maximum Gasteiger partial charge on any atom is 0.0805 e. The van der Waals surface area contributed by atoms with Crippen LogP contribution in [0, 0.1) is 0 Å². The molecule has 0 radical (unpaired) electrons. The molecule has 0 saturated heterocycles. The molecule has 0 saturated carbocycles. The quantitative estimate of drug-likeness (QED) is 0.822. The van der Waals surface area contributed by atoms with Crippen LogP contribution in [0.1, 0.15) is 30.6 Å². The van der Waals surface area contributed by atoms with Gasteiger partial charge in [0.15, 0.2) is 0 Å². The Labute approximate surface area is 134 Å². The van der Waals surface area contributed by atoms with Gasteiger partial charge in [0.2, 0.25) is 0 Å². The smallest absolute Gasteiger partial charge is 0.0805 e. The summed E-state index contributed by atoms with van der Waals surface area (Å²) in [7, 11) is 0. The summed E-state index contributed by atoms with van der Waals surface area (Å²) >= 11 is 18.1. The molecule has 1 aromatic heterocycles. The average molecular weight is 330 g/mol. The van der Waals surface area contributed by atoms with E-state index in [0.29, 0.717) is 15.1 Å². The van der Waals surface area contributed by atoms with Crippen LogP contribution in [0.3, 0.4) is 0 Å². The van der Waals surface area contributed by atoms with Gasteiger partial charge in [-0.25, -0.2) is 0 Å². The molecular formula is C15H15Cl3N2. The van der Waals surface area contributed by atoms with E-state index >= 15 is 0 Å². The van der Waals surface area contributed by atoms with Gasteiger partial charge < -0.3 is 5.32 Å². The SMILES string of the molecule is CCCNC(c1ccc(Cl)cc1)c1ncc(Cl)cc1Cl. The molecule has 0 fully saturated rings. The summed E-state index contributed by atoms with van der Waals surface area (Å²) in [6.45, 7) is 2.98. The van der Waals surface area contributed by atoms with Crippen molar-refractivity contribution in [2.45, 2.75) is 19.4 Å². The van der Waals surface area contributed by atoms with Crippen LogP contribution in [0.25, 0.3) is 0 Å². The molecule has 0 spiro atoms. The van der Waals surface area contributed by atoms with Gasteiger partial charge in [-0.05, 0) is 36.7 Å². The van der Waals surface area contributed by atoms with E-state index in [1.165, 1.54) is 0 Å². The lowest BCUT2D eigenvalue weighted by molar-refractivity contribution is 0.587. The fourth-order valence-electron chi connectivity index (χ4n) is 1.95. The highest BCUT2D eigenvalue weighted by Crippen LogP contribution is 2.29. The summed E-state index contributed by atoms with van der Waals surface area (Å²) in [6, 6.07) is 9.31. The number of hydrogen-bond acceptors (Lipinski definition) is 2. The van der Waals surface area contributed by atoms with Crippen LogP contribution in [0.4, 0.5) is 0 Å². The van der Waals surface area contributed by atoms with Crippen LogP contribution >= 0.6 is 34.8 Å². The summed E-state index contributed by atoms with van der Waals surface area (Å²) in [5.74, 6) is 0. The lowest BCUT2D eigenvalue weighted by Crippen LogP contribution is -2.24. The van der Waals surface area contributed by atoms with Crippen LogP contribution in [0.5, 0.6) is 0 Å². The Balaban J connectivity index is 2.38. The second-order valence-corrected chi connectivity index (χ2v) is 5.74. The molecule has 20 heavy (non-hydrogen) atoms. The summed E-state index contributed by atoms with van der Waals surface area (Å²) in [6.07, 6.45) is 2.63. The first-order valence-electron chi connectivity index (χ1n) is 6.41. The van der Waals surface area contributed by atoms with Crippen LogP contribution in [-0.4, -0.2) is 11.5 Å². The first kappa shape index (κ1) is 15.6. The van der Waals surface area contributed by atoms with Gasteiger partial charge in [-0.15, -0.1) is 0 Å². The summed E-state index contributed by atoms with van der Waals surface area (Å²) < 4.78 is 0. The zero-order chi connectivity index (χ0) is 14.5. The molecule has 1 heterocycles. The average Bonchev–Trinajstić information content (AvgIpc) is 2.42. The molecule has 0 aliphatic heterocycles. The van der Waals surface area contributed by atoms with Gasteiger partial charge >= 0.3 is 0 Å². The largest absolute Gasteiger partial charge is 0.305 e. The van der Waals surface area contributed by atoms with Crippen LogP contribution in [-0.2, 0) is 0 Å². The topological polar surface area (TPSA) is 24.9 Å². The van der Waals surface area contributed by atoms with Crippen LogP contribution in [0.15, 0.2) is 36.5 Å². The second kappa shape index (κ2) is 7.28. The van der Waals surface area contributed by atoms with E-state index in [-0.39, 0.29) is 6.04 Å². The number of benzene rings is 1. The highest BCUT2D eigenvalue weighted by atomic mass is 35.5. The first-order valence-corrected chi connectivity index (χ1v) is 7.55. The van der Waals surface area contributed by atoms with Gasteiger partial charge in [-0.1, -0.05) is 53.9 Å². The summed E-state index contributed by atoms with van der Waals surface area (Å²) in [5.41, 5.74) is 1.84. The molecule has 1 aromatic carbocycles. The minimum Gasteiger partial charge on any atom is -0.305 e. The molecule has 0 aliphatic rings. The molecule has 1 N–H and O–H groups in total. The van der Waals surface area contributed by atoms with Gasteiger partial charge in [-0.3, -0.25) is 4.98 Å². The highest BCUT2D eigenvalue weighted by molar-refractivity contribution is 6.34. The molecule has 1 atom stereocenters. The number of aromatic nitrogens is 1. The van der Waals surface area contributed by atoms with Gasteiger partial charge in [0.1, 0.15) is 0 Å². The minimum absolute atomic E-state index is 0.0722. The van der Waals surface area contributed by atoms with E-state index < -0.39 is 0 Å². The van der Waals surface area contributed by atoms with Gasteiger partial charge in [0, 0.05) is 11.2 Å². The van der Waals surface area contributed by atoms with Gasteiger partial charge in [-0.2, -0.15) is 0 Å². The Hall–Kier alpha value is -0.800. The van der Waals surface area contributed by atoms with E-state index in [1.54, 1.807) is 12.3 Å². The van der Waals surface area contributed by atoms with E-state index in [4.69, 9.17) is 34.8 Å². The van der Waals surface area contributed by atoms with Crippen molar-refractivity contribution in [1.82, 2.24) is 10.3 Å². The van der Waals surface area contributed by atoms with Crippen molar-refractivity contribution < 1.29 is 0 Å². The number of nitrogens with one attached hydrogen (secondary N) is 1.